The van der Waals surface area contributed by atoms with Gasteiger partial charge in [0.15, 0.2) is 11.3 Å². The van der Waals surface area contributed by atoms with Gasteiger partial charge in [0.1, 0.15) is 23.8 Å². The first-order valence-corrected chi connectivity index (χ1v) is 13.8. The first kappa shape index (κ1) is 26.6. The van der Waals surface area contributed by atoms with Gasteiger partial charge in [0.25, 0.3) is 0 Å². The zero-order valence-corrected chi connectivity index (χ0v) is 22.6. The molecule has 0 bridgehead atoms. The molecule has 1 N–H and O–H groups in total. The van der Waals surface area contributed by atoms with Crippen LogP contribution in [0.25, 0.3) is 11.2 Å². The van der Waals surface area contributed by atoms with Crippen LogP contribution in [0.2, 0.25) is 5.02 Å². The lowest BCUT2D eigenvalue weighted by atomic mass is 9.93. The highest BCUT2D eigenvalue weighted by Gasteiger charge is 2.26. The number of piperidine rings is 1. The summed E-state index contributed by atoms with van der Waals surface area (Å²) in [6.07, 6.45) is 2.91. The van der Waals surface area contributed by atoms with E-state index in [0.29, 0.717) is 40.7 Å². The minimum atomic E-state index is -1.06. The Hall–Kier alpha value is -3.60. The fraction of sp³-hybridized carbons (Fsp3) is 0.379. The second-order valence-corrected chi connectivity index (χ2v) is 10.7. The summed E-state index contributed by atoms with van der Waals surface area (Å²) in [5.41, 5.74) is 2.67. The van der Waals surface area contributed by atoms with E-state index < -0.39 is 11.8 Å². The van der Waals surface area contributed by atoms with E-state index in [-0.39, 0.29) is 24.3 Å². The molecule has 2 aliphatic heterocycles. The predicted octanol–water partition coefficient (Wildman–Crippen LogP) is 5.06. The molecule has 0 radical (unpaired) electrons. The van der Waals surface area contributed by atoms with E-state index in [2.05, 4.69) is 9.88 Å². The number of ether oxygens (including phenoxy) is 2. The van der Waals surface area contributed by atoms with Gasteiger partial charge >= 0.3 is 5.97 Å². The van der Waals surface area contributed by atoms with Crippen molar-refractivity contribution in [2.45, 2.75) is 51.0 Å². The van der Waals surface area contributed by atoms with E-state index in [0.717, 1.165) is 50.5 Å². The zero-order chi connectivity index (χ0) is 27.6. The van der Waals surface area contributed by atoms with Crippen LogP contribution < -0.4 is 4.74 Å². The summed E-state index contributed by atoms with van der Waals surface area (Å²) in [7, 11) is 0. The fourth-order valence-electron chi connectivity index (χ4n) is 5.23. The van der Waals surface area contributed by atoms with Crippen LogP contribution in [0.1, 0.15) is 52.8 Å². The summed E-state index contributed by atoms with van der Waals surface area (Å²) in [5, 5.41) is 9.77. The summed E-state index contributed by atoms with van der Waals surface area (Å²) in [6.45, 7) is 3.80. The highest BCUT2D eigenvalue weighted by Crippen LogP contribution is 2.30. The summed E-state index contributed by atoms with van der Waals surface area (Å²) in [6, 6.07) is 13.5. The average molecular weight is 566 g/mol. The Morgan fingerprint density at radius 3 is 2.65 bits per heavy atom. The maximum atomic E-state index is 14.1. The largest absolute Gasteiger partial charge is 0.477 e. The van der Waals surface area contributed by atoms with Crippen LogP contribution >= 0.6 is 11.6 Å². The van der Waals surface area contributed by atoms with Crippen molar-refractivity contribution in [2.24, 2.45) is 0 Å². The Balaban J connectivity index is 1.11. The number of benzene rings is 1. The van der Waals surface area contributed by atoms with E-state index in [1.165, 1.54) is 12.1 Å². The molecule has 11 heteroatoms. The van der Waals surface area contributed by atoms with E-state index in [9.17, 15) is 14.3 Å². The maximum absolute atomic E-state index is 14.1. The van der Waals surface area contributed by atoms with Gasteiger partial charge in [-0.3, -0.25) is 4.90 Å². The molecule has 3 aromatic heterocycles. The molecule has 40 heavy (non-hydrogen) atoms. The molecular formula is C29H29ClFN5O4. The van der Waals surface area contributed by atoms with Crippen molar-refractivity contribution in [3.63, 3.8) is 0 Å². The normalized spacial score (nSPS) is 18.1. The topological polar surface area (TPSA) is 103 Å². The summed E-state index contributed by atoms with van der Waals surface area (Å²) >= 11 is 5.84. The minimum Gasteiger partial charge on any atom is -0.477 e. The van der Waals surface area contributed by atoms with Crippen molar-refractivity contribution in [1.29, 1.82) is 0 Å². The molecule has 1 aromatic carbocycles. The number of nitrogens with zero attached hydrogens (tertiary/aromatic N) is 5. The van der Waals surface area contributed by atoms with Crippen LogP contribution in [-0.2, 0) is 24.4 Å². The lowest BCUT2D eigenvalue weighted by Crippen LogP contribution is -2.35. The van der Waals surface area contributed by atoms with E-state index in [4.69, 9.17) is 31.0 Å². The van der Waals surface area contributed by atoms with Crippen LogP contribution in [0.3, 0.4) is 0 Å². The molecule has 0 amide bonds. The van der Waals surface area contributed by atoms with Gasteiger partial charge in [-0.15, -0.1) is 0 Å². The molecule has 0 unspecified atom stereocenters. The standard InChI is InChI=1S/C29H29ClFN5O4/c30-20-5-4-19(22(31)14-20)17-40-27-3-1-2-23(33-27)18-8-11-35(12-9-18)16-26-32-24-6-7-25(29(37)38)34-28(24)36(26)15-21-10-13-39-21/h1-7,14,18,21H,8-13,15-17H2,(H,37,38)/t21-/m0/s1. The Morgan fingerprint density at radius 2 is 1.93 bits per heavy atom. The molecule has 0 saturated carbocycles. The quantitative estimate of drug-likeness (QED) is 0.300. The van der Waals surface area contributed by atoms with Gasteiger partial charge < -0.3 is 19.1 Å². The molecule has 2 aliphatic rings. The minimum absolute atomic E-state index is 0.00699. The number of imidazole rings is 1. The Labute approximate surface area is 235 Å². The van der Waals surface area contributed by atoms with Crippen molar-refractivity contribution >= 4 is 28.7 Å². The number of pyridine rings is 2. The van der Waals surface area contributed by atoms with Gasteiger partial charge in [-0.25, -0.2) is 24.1 Å². The molecule has 9 nitrogen and oxygen atoms in total. The molecule has 0 aliphatic carbocycles. The Morgan fingerprint density at radius 1 is 1.10 bits per heavy atom. The van der Waals surface area contributed by atoms with Gasteiger partial charge in [-0.1, -0.05) is 23.7 Å². The number of hydrogen-bond acceptors (Lipinski definition) is 7. The lowest BCUT2D eigenvalue weighted by molar-refractivity contribution is -0.0593. The van der Waals surface area contributed by atoms with Gasteiger partial charge in [-0.2, -0.15) is 0 Å². The lowest BCUT2D eigenvalue weighted by Gasteiger charge is -2.32. The molecule has 208 valence electrons. The number of hydrogen-bond donors (Lipinski definition) is 1. The number of fused-ring (bicyclic) bond motifs is 1. The van der Waals surface area contributed by atoms with Crippen LogP contribution in [0.15, 0.2) is 48.5 Å². The summed E-state index contributed by atoms with van der Waals surface area (Å²) in [4.78, 5) is 27.8. The van der Waals surface area contributed by atoms with Gasteiger partial charge in [0, 0.05) is 34.9 Å². The van der Waals surface area contributed by atoms with Crippen LogP contribution in [0, 0.1) is 5.82 Å². The predicted molar refractivity (Wildman–Crippen MR) is 146 cm³/mol. The highest BCUT2D eigenvalue weighted by atomic mass is 35.5. The number of likely N-dealkylation sites (tertiary alicyclic amines) is 1. The van der Waals surface area contributed by atoms with E-state index in [1.807, 2.05) is 16.7 Å². The first-order valence-electron chi connectivity index (χ1n) is 13.4. The second-order valence-electron chi connectivity index (χ2n) is 10.2. The molecule has 4 aromatic rings. The zero-order valence-electron chi connectivity index (χ0n) is 21.8. The molecule has 6 rings (SSSR count). The van der Waals surface area contributed by atoms with Crippen molar-refractivity contribution < 1.29 is 23.8 Å². The number of rotatable bonds is 9. The third kappa shape index (κ3) is 5.79. The summed E-state index contributed by atoms with van der Waals surface area (Å²) < 4.78 is 27.6. The van der Waals surface area contributed by atoms with Crippen molar-refractivity contribution in [3.05, 3.63) is 82.1 Å². The molecular weight excluding hydrogens is 537 g/mol. The van der Waals surface area contributed by atoms with Crippen molar-refractivity contribution in [1.82, 2.24) is 24.4 Å². The third-order valence-corrected chi connectivity index (χ3v) is 7.81. The molecule has 2 fully saturated rings. The van der Waals surface area contributed by atoms with E-state index in [1.54, 1.807) is 24.3 Å². The van der Waals surface area contributed by atoms with Gasteiger partial charge in [-0.05, 0) is 62.7 Å². The van der Waals surface area contributed by atoms with Crippen molar-refractivity contribution in [2.75, 3.05) is 19.7 Å². The maximum Gasteiger partial charge on any atom is 0.354 e. The number of aromatic carboxylic acids is 1. The molecule has 5 heterocycles. The van der Waals surface area contributed by atoms with Crippen LogP contribution in [0.4, 0.5) is 4.39 Å². The molecule has 0 spiro atoms. The van der Waals surface area contributed by atoms with Crippen molar-refractivity contribution in [3.8, 4) is 5.88 Å². The molecule has 2 saturated heterocycles. The van der Waals surface area contributed by atoms with Crippen LogP contribution in [0.5, 0.6) is 5.88 Å². The second kappa shape index (κ2) is 11.5. The Bertz CT molecular complexity index is 1530. The number of carboxylic acids is 1. The average Bonchev–Trinajstić information content (AvgIpc) is 3.26. The number of aromatic nitrogens is 4. The number of carbonyl (C=O) groups is 1. The Kier molecular flexibility index (Phi) is 7.64. The third-order valence-electron chi connectivity index (χ3n) is 7.58. The smallest absolute Gasteiger partial charge is 0.354 e. The van der Waals surface area contributed by atoms with Gasteiger partial charge in [0.2, 0.25) is 5.88 Å². The molecule has 1 atom stereocenters. The SMILES string of the molecule is O=C(O)c1ccc2nc(CN3CCC(c4cccc(OCc5ccc(Cl)cc5F)n4)CC3)n(C[C@@H]3CCO3)c2n1. The highest BCUT2D eigenvalue weighted by molar-refractivity contribution is 6.30. The number of carboxylic acid groups (broad SMARTS) is 1. The first-order chi connectivity index (χ1) is 19.4. The van der Waals surface area contributed by atoms with Gasteiger partial charge in [0.05, 0.1) is 19.2 Å². The monoisotopic (exact) mass is 565 g/mol. The van der Waals surface area contributed by atoms with E-state index >= 15 is 0 Å². The number of halogens is 2. The fourth-order valence-corrected chi connectivity index (χ4v) is 5.39. The summed E-state index contributed by atoms with van der Waals surface area (Å²) in [5.74, 6) is 0.159. The van der Waals surface area contributed by atoms with Crippen LogP contribution in [-0.4, -0.2) is 61.3 Å².